The lowest BCUT2D eigenvalue weighted by atomic mass is 10.1. The maximum atomic E-state index is 15.7. The quantitative estimate of drug-likeness (QED) is 0.602. The van der Waals surface area contributed by atoms with Crippen molar-refractivity contribution in [1.82, 2.24) is 4.57 Å². The number of carbonyl (C=O) groups is 1. The number of aromatic carboxylic acids is 1. The number of hydrogen-bond donors (Lipinski definition) is 1. The number of carboxylic acid groups (broad SMARTS) is 1. The van der Waals surface area contributed by atoms with Crippen molar-refractivity contribution < 1.29 is 27.5 Å². The maximum Gasteiger partial charge on any atom is 0.341 e. The van der Waals surface area contributed by atoms with Gasteiger partial charge in [0.05, 0.1) is 16.6 Å². The van der Waals surface area contributed by atoms with Crippen LogP contribution in [0, 0.1) is 23.3 Å². The van der Waals surface area contributed by atoms with Crippen LogP contribution in [0.1, 0.15) is 16.8 Å². The van der Waals surface area contributed by atoms with Crippen molar-refractivity contribution in [3.8, 4) is 5.69 Å². The number of benzene rings is 2. The lowest BCUT2D eigenvalue weighted by Crippen LogP contribution is -2.25. The van der Waals surface area contributed by atoms with Gasteiger partial charge in [0.25, 0.3) is 0 Å². The number of thioether (sulfide) groups is 1. The zero-order chi connectivity index (χ0) is 22.4. The topological polar surface area (TPSA) is 62.5 Å². The van der Waals surface area contributed by atoms with Gasteiger partial charge in [0.2, 0.25) is 5.43 Å². The Balaban J connectivity index is 2.08. The normalized spacial score (nSPS) is 16.3. The summed E-state index contributed by atoms with van der Waals surface area (Å²) in [5.74, 6) is -5.77. The number of carboxylic acids is 1. The molecule has 10 heteroatoms. The van der Waals surface area contributed by atoms with Crippen LogP contribution in [0.3, 0.4) is 0 Å². The first-order chi connectivity index (χ1) is 14.7. The van der Waals surface area contributed by atoms with E-state index in [1.165, 1.54) is 4.90 Å². The van der Waals surface area contributed by atoms with Gasteiger partial charge in [-0.1, -0.05) is 0 Å². The Hall–Kier alpha value is -3.01. The average Bonchev–Trinajstić information content (AvgIpc) is 3.17. The molecule has 2 aromatic carbocycles. The third-order valence-corrected chi connectivity index (χ3v) is 6.40. The lowest BCUT2D eigenvalue weighted by Gasteiger charge is -2.22. The van der Waals surface area contributed by atoms with E-state index in [1.807, 2.05) is 6.26 Å². The summed E-state index contributed by atoms with van der Waals surface area (Å²) in [4.78, 5) is 25.7. The van der Waals surface area contributed by atoms with E-state index in [1.54, 1.807) is 11.8 Å². The van der Waals surface area contributed by atoms with Crippen LogP contribution in [0.25, 0.3) is 16.6 Å². The molecule has 162 valence electrons. The highest BCUT2D eigenvalue weighted by Crippen LogP contribution is 2.35. The summed E-state index contributed by atoms with van der Waals surface area (Å²) in [5, 5.41) is 8.98. The smallest absolute Gasteiger partial charge is 0.341 e. The third-order valence-electron chi connectivity index (χ3n) is 5.35. The first kappa shape index (κ1) is 21.2. The zero-order valence-electron chi connectivity index (χ0n) is 16.2. The molecule has 31 heavy (non-hydrogen) atoms. The molecular weight excluding hydrogens is 436 g/mol. The Morgan fingerprint density at radius 1 is 1.16 bits per heavy atom. The van der Waals surface area contributed by atoms with Gasteiger partial charge in [-0.3, -0.25) is 4.79 Å². The van der Waals surface area contributed by atoms with E-state index in [4.69, 9.17) is 0 Å². The molecule has 0 spiro atoms. The predicted octanol–water partition coefficient (Wildman–Crippen LogP) is 4.19. The van der Waals surface area contributed by atoms with Crippen LogP contribution in [-0.4, -0.2) is 40.2 Å². The van der Waals surface area contributed by atoms with Gasteiger partial charge < -0.3 is 14.6 Å². The van der Waals surface area contributed by atoms with Gasteiger partial charge >= 0.3 is 5.97 Å². The highest BCUT2D eigenvalue weighted by Gasteiger charge is 2.30. The molecule has 0 radical (unpaired) electrons. The molecule has 0 amide bonds. The molecule has 1 aliphatic rings. The minimum absolute atomic E-state index is 0.167. The van der Waals surface area contributed by atoms with Crippen LogP contribution >= 0.6 is 11.8 Å². The van der Waals surface area contributed by atoms with E-state index in [2.05, 4.69) is 0 Å². The summed E-state index contributed by atoms with van der Waals surface area (Å²) >= 11 is 1.56. The van der Waals surface area contributed by atoms with E-state index in [9.17, 15) is 27.9 Å². The molecule has 1 saturated heterocycles. The lowest BCUT2D eigenvalue weighted by molar-refractivity contribution is 0.0695. The molecule has 1 fully saturated rings. The SMILES string of the molecule is CSC1CCN(c2c(F)cc3c(=O)c(C(=O)O)cn(-c4ccc(F)cc4F)c3c2F)C1. The molecule has 1 unspecified atom stereocenters. The molecule has 0 saturated carbocycles. The monoisotopic (exact) mass is 452 g/mol. The minimum Gasteiger partial charge on any atom is -0.477 e. The van der Waals surface area contributed by atoms with Crippen molar-refractivity contribution in [2.75, 3.05) is 24.2 Å². The Labute approximate surface area is 177 Å². The van der Waals surface area contributed by atoms with Gasteiger partial charge in [0, 0.05) is 30.6 Å². The van der Waals surface area contributed by atoms with Crippen molar-refractivity contribution >= 4 is 34.3 Å². The van der Waals surface area contributed by atoms with Crippen LogP contribution in [0.4, 0.5) is 23.2 Å². The molecule has 0 bridgehead atoms. The fourth-order valence-electron chi connectivity index (χ4n) is 3.84. The van der Waals surface area contributed by atoms with Crippen molar-refractivity contribution in [3.05, 3.63) is 69.5 Å². The van der Waals surface area contributed by atoms with Crippen LogP contribution in [0.5, 0.6) is 0 Å². The van der Waals surface area contributed by atoms with E-state index in [-0.39, 0.29) is 16.6 Å². The first-order valence-electron chi connectivity index (χ1n) is 9.26. The second-order valence-electron chi connectivity index (χ2n) is 7.15. The number of fused-ring (bicyclic) bond motifs is 1. The fraction of sp³-hybridized carbons (Fsp3) is 0.238. The summed E-state index contributed by atoms with van der Waals surface area (Å²) in [6.45, 7) is 0.760. The van der Waals surface area contributed by atoms with Gasteiger partial charge in [0.1, 0.15) is 28.7 Å². The minimum atomic E-state index is -1.64. The number of halogens is 4. The number of anilines is 1. The summed E-state index contributed by atoms with van der Waals surface area (Å²) in [6.07, 6.45) is 3.36. The maximum absolute atomic E-state index is 15.7. The molecular formula is C21H16F4N2O3S. The Morgan fingerprint density at radius 3 is 2.52 bits per heavy atom. The van der Waals surface area contributed by atoms with Crippen molar-refractivity contribution in [2.45, 2.75) is 11.7 Å². The Morgan fingerprint density at radius 2 is 1.90 bits per heavy atom. The van der Waals surface area contributed by atoms with E-state index in [0.717, 1.165) is 29.0 Å². The molecule has 1 aromatic heterocycles. The Kier molecular flexibility index (Phi) is 5.42. The molecule has 1 atom stereocenters. The van der Waals surface area contributed by atoms with Crippen molar-refractivity contribution in [1.29, 1.82) is 0 Å². The average molecular weight is 452 g/mol. The van der Waals surface area contributed by atoms with Crippen LogP contribution in [-0.2, 0) is 0 Å². The number of rotatable bonds is 4. The van der Waals surface area contributed by atoms with Gasteiger partial charge in [-0.25, -0.2) is 22.4 Å². The van der Waals surface area contributed by atoms with Gasteiger partial charge in [-0.05, 0) is 30.9 Å². The first-order valence-corrected chi connectivity index (χ1v) is 10.6. The zero-order valence-corrected chi connectivity index (χ0v) is 17.0. The number of pyridine rings is 1. The Bertz CT molecular complexity index is 1280. The van der Waals surface area contributed by atoms with Gasteiger partial charge in [-0.2, -0.15) is 11.8 Å². The molecule has 0 aliphatic carbocycles. The highest BCUT2D eigenvalue weighted by molar-refractivity contribution is 7.99. The number of hydrogen-bond acceptors (Lipinski definition) is 4. The molecule has 5 nitrogen and oxygen atoms in total. The summed E-state index contributed by atoms with van der Waals surface area (Å²) in [5.41, 5.74) is -3.14. The summed E-state index contributed by atoms with van der Waals surface area (Å²) in [7, 11) is 0. The van der Waals surface area contributed by atoms with E-state index < -0.39 is 51.1 Å². The van der Waals surface area contributed by atoms with Crippen molar-refractivity contribution in [3.63, 3.8) is 0 Å². The number of nitrogens with zero attached hydrogens (tertiary/aromatic N) is 2. The van der Waals surface area contributed by atoms with Crippen LogP contribution in [0.2, 0.25) is 0 Å². The summed E-state index contributed by atoms with van der Waals surface area (Å²) in [6, 6.07) is 3.22. The fourth-order valence-corrected chi connectivity index (χ4v) is 4.51. The molecule has 4 rings (SSSR count). The second-order valence-corrected chi connectivity index (χ2v) is 8.29. The molecule has 2 heterocycles. The third kappa shape index (κ3) is 3.54. The van der Waals surface area contributed by atoms with Crippen molar-refractivity contribution in [2.24, 2.45) is 0 Å². The predicted molar refractivity (Wildman–Crippen MR) is 110 cm³/mol. The second kappa shape index (κ2) is 7.92. The standard InChI is InChI=1S/C21H16F4N2O3S/c1-31-11-4-5-26(8-11)19-15(24)7-12-18(17(19)25)27(9-13(20(12)28)21(29)30)16-3-2-10(22)6-14(16)23/h2-3,6-7,9,11H,4-5,8H2,1H3,(H,29,30). The van der Waals surface area contributed by atoms with Gasteiger partial charge in [-0.15, -0.1) is 0 Å². The molecule has 1 N–H and O–H groups in total. The molecule has 3 aromatic rings. The highest BCUT2D eigenvalue weighted by atomic mass is 32.2. The van der Waals surface area contributed by atoms with Crippen LogP contribution in [0.15, 0.2) is 35.3 Å². The largest absolute Gasteiger partial charge is 0.477 e. The van der Waals surface area contributed by atoms with Crippen LogP contribution < -0.4 is 10.3 Å². The van der Waals surface area contributed by atoms with E-state index >= 15 is 4.39 Å². The van der Waals surface area contributed by atoms with E-state index in [0.29, 0.717) is 25.6 Å². The van der Waals surface area contributed by atoms with Gasteiger partial charge in [0.15, 0.2) is 5.82 Å². The summed E-state index contributed by atoms with van der Waals surface area (Å²) < 4.78 is 59.3. The number of aromatic nitrogens is 1. The molecule has 1 aliphatic heterocycles.